The molecule has 33 heavy (non-hydrogen) atoms. The third-order valence-corrected chi connectivity index (χ3v) is 7.37. The topological polar surface area (TPSA) is 140 Å². The molecule has 2 aliphatic heterocycles. The predicted molar refractivity (Wildman–Crippen MR) is 112 cm³/mol. The van der Waals surface area contributed by atoms with E-state index in [-0.39, 0.29) is 37.3 Å². The summed E-state index contributed by atoms with van der Waals surface area (Å²) in [6, 6.07) is 3.52. The van der Waals surface area contributed by atoms with Crippen LogP contribution in [0.15, 0.2) is 23.1 Å². The molecule has 3 rings (SSSR count). The lowest BCUT2D eigenvalue weighted by Gasteiger charge is -2.35. The zero-order valence-corrected chi connectivity index (χ0v) is 19.1. The number of benzene rings is 1. The van der Waals surface area contributed by atoms with Crippen LogP contribution in [0.5, 0.6) is 0 Å². The number of nitrogens with zero attached hydrogens (tertiary/aromatic N) is 3. The first-order chi connectivity index (χ1) is 15.7. The van der Waals surface area contributed by atoms with E-state index in [0.717, 1.165) is 24.6 Å². The summed E-state index contributed by atoms with van der Waals surface area (Å²) < 4.78 is 42.2. The molecule has 2 aliphatic rings. The van der Waals surface area contributed by atoms with Crippen LogP contribution in [0.4, 0.5) is 0 Å². The van der Waals surface area contributed by atoms with Crippen molar-refractivity contribution in [1.82, 2.24) is 14.1 Å². The van der Waals surface area contributed by atoms with Crippen LogP contribution in [0.2, 0.25) is 0 Å². The molecule has 2 fully saturated rings. The van der Waals surface area contributed by atoms with Gasteiger partial charge in [0.15, 0.2) is 0 Å². The molecule has 0 radical (unpaired) electrons. The van der Waals surface area contributed by atoms with Crippen molar-refractivity contribution in [2.45, 2.75) is 4.90 Å². The van der Waals surface area contributed by atoms with Gasteiger partial charge in [-0.1, -0.05) is 0 Å². The number of morpholine rings is 1. The van der Waals surface area contributed by atoms with Gasteiger partial charge in [0.05, 0.1) is 43.5 Å². The van der Waals surface area contributed by atoms with E-state index in [1.54, 1.807) is 0 Å². The smallest absolute Gasteiger partial charge is 0.339 e. The Bertz CT molecular complexity index is 1040. The summed E-state index contributed by atoms with van der Waals surface area (Å²) in [5.74, 6) is -2.99. The Labute approximate surface area is 191 Å². The number of carbonyl (C=O) groups is 4. The standard InChI is InChI=1S/C20H25N3O9S/c1-30-19(26)14-3-4-15(20(27)31-2)16(13-14)33(28,29)23-7-5-21(6-8-23)17(24)18(25)22-9-11-32-12-10-22/h3-4,13H,5-12H2,1-2H3. The van der Waals surface area contributed by atoms with Crippen LogP contribution in [-0.2, 0) is 33.8 Å². The number of hydrogen-bond donors (Lipinski definition) is 0. The van der Waals surface area contributed by atoms with E-state index in [1.807, 2.05) is 0 Å². The third kappa shape index (κ3) is 5.15. The molecule has 0 saturated carbocycles. The van der Waals surface area contributed by atoms with Crippen LogP contribution < -0.4 is 0 Å². The number of amides is 2. The molecule has 13 heteroatoms. The summed E-state index contributed by atoms with van der Waals surface area (Å²) in [7, 11) is -1.96. The Morgan fingerprint density at radius 2 is 1.36 bits per heavy atom. The third-order valence-electron chi connectivity index (χ3n) is 5.43. The van der Waals surface area contributed by atoms with Crippen molar-refractivity contribution in [1.29, 1.82) is 0 Å². The van der Waals surface area contributed by atoms with Crippen molar-refractivity contribution in [3.8, 4) is 0 Å². The molecule has 1 aromatic carbocycles. The number of hydrogen-bond acceptors (Lipinski definition) is 9. The number of sulfonamides is 1. The summed E-state index contributed by atoms with van der Waals surface area (Å²) in [6.45, 7) is 1.19. The van der Waals surface area contributed by atoms with Crippen LogP contribution in [-0.4, -0.2) is 113 Å². The Kier molecular flexibility index (Phi) is 7.66. The average Bonchev–Trinajstić information content (AvgIpc) is 2.87. The molecule has 2 amide bonds. The number of rotatable bonds is 4. The number of carbonyl (C=O) groups excluding carboxylic acids is 4. The fraction of sp³-hybridized carbons (Fsp3) is 0.500. The van der Waals surface area contributed by atoms with E-state index in [9.17, 15) is 27.6 Å². The number of ether oxygens (including phenoxy) is 3. The maximum atomic E-state index is 13.3. The fourth-order valence-corrected chi connectivity index (χ4v) is 5.19. The number of esters is 2. The highest BCUT2D eigenvalue weighted by Gasteiger charge is 2.36. The second-order valence-corrected chi connectivity index (χ2v) is 9.20. The lowest BCUT2D eigenvalue weighted by atomic mass is 10.1. The van der Waals surface area contributed by atoms with Gasteiger partial charge in [-0.2, -0.15) is 4.31 Å². The number of methoxy groups -OCH3 is 2. The van der Waals surface area contributed by atoms with Gasteiger partial charge < -0.3 is 24.0 Å². The van der Waals surface area contributed by atoms with Gasteiger partial charge in [-0.25, -0.2) is 18.0 Å². The van der Waals surface area contributed by atoms with Gasteiger partial charge in [-0.3, -0.25) is 9.59 Å². The first-order valence-electron chi connectivity index (χ1n) is 10.2. The minimum absolute atomic E-state index is 0.00159. The van der Waals surface area contributed by atoms with E-state index in [4.69, 9.17) is 4.74 Å². The van der Waals surface area contributed by atoms with Crippen LogP contribution in [0.3, 0.4) is 0 Å². The molecule has 0 spiro atoms. The number of piperazine rings is 1. The Hall–Kier alpha value is -3.03. The minimum atomic E-state index is -4.23. The molecule has 0 aliphatic carbocycles. The fourth-order valence-electron chi connectivity index (χ4n) is 3.57. The molecule has 1 aromatic rings. The maximum absolute atomic E-state index is 13.3. The zero-order valence-electron chi connectivity index (χ0n) is 18.3. The molecular formula is C20H25N3O9S. The van der Waals surface area contributed by atoms with Gasteiger partial charge >= 0.3 is 23.8 Å². The van der Waals surface area contributed by atoms with Gasteiger partial charge in [0.25, 0.3) is 0 Å². The van der Waals surface area contributed by atoms with Gasteiger partial charge in [0, 0.05) is 39.3 Å². The molecule has 0 aromatic heterocycles. The predicted octanol–water partition coefficient (Wildman–Crippen LogP) is -1.05. The summed E-state index contributed by atoms with van der Waals surface area (Å²) in [4.78, 5) is 51.4. The lowest BCUT2D eigenvalue weighted by Crippen LogP contribution is -2.55. The van der Waals surface area contributed by atoms with Crippen molar-refractivity contribution < 1.29 is 41.8 Å². The second-order valence-electron chi connectivity index (χ2n) is 7.29. The van der Waals surface area contributed by atoms with Crippen molar-refractivity contribution in [3.63, 3.8) is 0 Å². The van der Waals surface area contributed by atoms with Crippen molar-refractivity contribution in [2.24, 2.45) is 0 Å². The minimum Gasteiger partial charge on any atom is -0.465 e. The molecule has 0 unspecified atom stereocenters. The molecule has 180 valence electrons. The highest BCUT2D eigenvalue weighted by Crippen LogP contribution is 2.24. The van der Waals surface area contributed by atoms with E-state index >= 15 is 0 Å². The molecular weight excluding hydrogens is 458 g/mol. The normalized spacial score (nSPS) is 17.4. The van der Waals surface area contributed by atoms with Gasteiger partial charge in [-0.05, 0) is 18.2 Å². The van der Waals surface area contributed by atoms with Gasteiger partial charge in [0.1, 0.15) is 0 Å². The van der Waals surface area contributed by atoms with Crippen LogP contribution in [0, 0.1) is 0 Å². The van der Waals surface area contributed by atoms with E-state index in [0.29, 0.717) is 26.3 Å². The van der Waals surface area contributed by atoms with E-state index in [2.05, 4.69) is 9.47 Å². The highest BCUT2D eigenvalue weighted by atomic mass is 32.2. The van der Waals surface area contributed by atoms with Crippen LogP contribution in [0.25, 0.3) is 0 Å². The first-order valence-corrected chi connectivity index (χ1v) is 11.6. The maximum Gasteiger partial charge on any atom is 0.339 e. The average molecular weight is 483 g/mol. The highest BCUT2D eigenvalue weighted by molar-refractivity contribution is 7.89. The zero-order chi connectivity index (χ0) is 24.2. The molecule has 12 nitrogen and oxygen atoms in total. The van der Waals surface area contributed by atoms with Gasteiger partial charge in [0.2, 0.25) is 10.0 Å². The van der Waals surface area contributed by atoms with Crippen molar-refractivity contribution in [3.05, 3.63) is 29.3 Å². The molecule has 2 heterocycles. The van der Waals surface area contributed by atoms with Crippen molar-refractivity contribution >= 4 is 33.8 Å². The van der Waals surface area contributed by atoms with Gasteiger partial charge in [-0.15, -0.1) is 0 Å². The summed E-state index contributed by atoms with van der Waals surface area (Å²) >= 11 is 0. The quantitative estimate of drug-likeness (QED) is 0.388. The van der Waals surface area contributed by atoms with Crippen LogP contribution in [0.1, 0.15) is 20.7 Å². The largest absolute Gasteiger partial charge is 0.465 e. The lowest BCUT2D eigenvalue weighted by molar-refractivity contribution is -0.154. The first kappa shape index (κ1) is 24.6. The summed E-state index contributed by atoms with van der Waals surface area (Å²) in [5.41, 5.74) is -0.278. The molecule has 2 saturated heterocycles. The molecule has 0 N–H and O–H groups in total. The summed E-state index contributed by atoms with van der Waals surface area (Å²) in [5, 5.41) is 0. The Morgan fingerprint density at radius 3 is 1.91 bits per heavy atom. The van der Waals surface area contributed by atoms with Crippen molar-refractivity contribution in [2.75, 3.05) is 66.7 Å². The van der Waals surface area contributed by atoms with E-state index in [1.165, 1.54) is 21.9 Å². The second kappa shape index (κ2) is 10.3. The Morgan fingerprint density at radius 1 is 0.818 bits per heavy atom. The Balaban J connectivity index is 1.78. The van der Waals surface area contributed by atoms with E-state index < -0.39 is 38.7 Å². The van der Waals surface area contributed by atoms with Crippen LogP contribution >= 0.6 is 0 Å². The summed E-state index contributed by atoms with van der Waals surface area (Å²) in [6.07, 6.45) is 0. The SMILES string of the molecule is COC(=O)c1ccc(C(=O)OC)c(S(=O)(=O)N2CCN(C(=O)C(=O)N3CCOCC3)CC2)c1. The monoisotopic (exact) mass is 483 g/mol. The molecule has 0 atom stereocenters. The molecule has 0 bridgehead atoms.